The van der Waals surface area contributed by atoms with E-state index in [4.69, 9.17) is 4.74 Å². The van der Waals surface area contributed by atoms with Gasteiger partial charge in [-0.1, -0.05) is 46.3 Å². The van der Waals surface area contributed by atoms with Gasteiger partial charge in [-0.25, -0.2) is 4.39 Å². The zero-order valence-corrected chi connectivity index (χ0v) is 11.9. The van der Waals surface area contributed by atoms with Crippen LogP contribution in [0.2, 0.25) is 0 Å². The van der Waals surface area contributed by atoms with Gasteiger partial charge in [0.1, 0.15) is 11.6 Å². The van der Waals surface area contributed by atoms with E-state index in [1.165, 1.54) is 17.7 Å². The van der Waals surface area contributed by atoms with Gasteiger partial charge < -0.3 is 4.74 Å². The standard InChI is InChI=1S/C16H14BrFO/c17-16(11-5-7-12(18)8-6-11)14-9-10-19-15-4-2-1-3-13(14)15/h1-8,14,16H,9-10H2. The molecule has 0 saturated heterocycles. The second kappa shape index (κ2) is 5.33. The van der Waals surface area contributed by atoms with Crippen molar-refractivity contribution in [2.45, 2.75) is 17.2 Å². The number of hydrogen-bond donors (Lipinski definition) is 0. The fraction of sp³-hybridized carbons (Fsp3) is 0.250. The van der Waals surface area contributed by atoms with Gasteiger partial charge in [-0.3, -0.25) is 0 Å². The van der Waals surface area contributed by atoms with E-state index >= 15 is 0 Å². The van der Waals surface area contributed by atoms with Crippen LogP contribution in [-0.2, 0) is 0 Å². The van der Waals surface area contributed by atoms with Crippen molar-refractivity contribution < 1.29 is 9.13 Å². The quantitative estimate of drug-likeness (QED) is 0.720. The molecule has 2 aromatic rings. The molecule has 2 atom stereocenters. The molecule has 1 aliphatic heterocycles. The lowest BCUT2D eigenvalue weighted by Crippen LogP contribution is -2.17. The number of para-hydroxylation sites is 1. The van der Waals surface area contributed by atoms with Crippen LogP contribution in [-0.4, -0.2) is 6.61 Å². The Morgan fingerprint density at radius 2 is 1.84 bits per heavy atom. The van der Waals surface area contributed by atoms with Crippen LogP contribution in [0.3, 0.4) is 0 Å². The molecular weight excluding hydrogens is 307 g/mol. The van der Waals surface area contributed by atoms with E-state index < -0.39 is 0 Å². The average Bonchev–Trinajstić information content (AvgIpc) is 2.47. The second-order valence-corrected chi connectivity index (χ2v) is 5.72. The van der Waals surface area contributed by atoms with E-state index in [0.717, 1.165) is 24.3 Å². The van der Waals surface area contributed by atoms with Crippen LogP contribution in [0.25, 0.3) is 0 Å². The van der Waals surface area contributed by atoms with Gasteiger partial charge in [0.15, 0.2) is 0 Å². The van der Waals surface area contributed by atoms with Gasteiger partial charge in [-0.05, 0) is 35.7 Å². The van der Waals surface area contributed by atoms with Crippen molar-refractivity contribution in [3.8, 4) is 5.75 Å². The Kier molecular flexibility index (Phi) is 3.56. The summed E-state index contributed by atoms with van der Waals surface area (Å²) >= 11 is 3.76. The van der Waals surface area contributed by atoms with E-state index in [-0.39, 0.29) is 10.6 Å². The second-order valence-electron chi connectivity index (χ2n) is 4.73. The van der Waals surface area contributed by atoms with Crippen LogP contribution in [0, 0.1) is 5.82 Å². The number of rotatable bonds is 2. The SMILES string of the molecule is Fc1ccc(C(Br)C2CCOc3ccccc32)cc1. The lowest BCUT2D eigenvalue weighted by Gasteiger charge is -2.29. The molecule has 2 unspecified atom stereocenters. The minimum Gasteiger partial charge on any atom is -0.493 e. The number of fused-ring (bicyclic) bond motifs is 1. The average molecular weight is 321 g/mol. The summed E-state index contributed by atoms with van der Waals surface area (Å²) in [7, 11) is 0. The predicted octanol–water partition coefficient (Wildman–Crippen LogP) is 4.83. The molecule has 98 valence electrons. The first-order chi connectivity index (χ1) is 9.25. The van der Waals surface area contributed by atoms with E-state index in [1.807, 2.05) is 30.3 Å². The maximum Gasteiger partial charge on any atom is 0.123 e. The third-order valence-corrected chi connectivity index (χ3v) is 4.71. The Morgan fingerprint density at radius 3 is 2.63 bits per heavy atom. The van der Waals surface area contributed by atoms with Crippen LogP contribution in [0.5, 0.6) is 5.75 Å². The third-order valence-electron chi connectivity index (χ3n) is 3.55. The molecule has 0 fully saturated rings. The van der Waals surface area contributed by atoms with Crippen molar-refractivity contribution in [2.75, 3.05) is 6.61 Å². The van der Waals surface area contributed by atoms with Crippen molar-refractivity contribution in [3.63, 3.8) is 0 Å². The summed E-state index contributed by atoms with van der Waals surface area (Å²) in [5.41, 5.74) is 2.32. The highest BCUT2D eigenvalue weighted by molar-refractivity contribution is 9.09. The molecule has 2 aromatic carbocycles. The van der Waals surface area contributed by atoms with Gasteiger partial charge in [-0.15, -0.1) is 0 Å². The largest absolute Gasteiger partial charge is 0.493 e. The Morgan fingerprint density at radius 1 is 1.11 bits per heavy atom. The molecule has 3 heteroatoms. The van der Waals surface area contributed by atoms with Gasteiger partial charge in [0.05, 0.1) is 6.61 Å². The normalized spacial score (nSPS) is 19.4. The molecule has 0 N–H and O–H groups in total. The molecule has 1 heterocycles. The molecule has 0 aliphatic carbocycles. The monoisotopic (exact) mass is 320 g/mol. The highest BCUT2D eigenvalue weighted by Gasteiger charge is 2.28. The lowest BCUT2D eigenvalue weighted by atomic mass is 9.87. The molecule has 1 nitrogen and oxygen atoms in total. The lowest BCUT2D eigenvalue weighted by molar-refractivity contribution is 0.266. The zero-order valence-electron chi connectivity index (χ0n) is 10.4. The number of ether oxygens (including phenoxy) is 1. The first-order valence-corrected chi connectivity index (χ1v) is 7.28. The Labute approximate surface area is 120 Å². The molecule has 0 radical (unpaired) electrons. The molecule has 3 rings (SSSR count). The highest BCUT2D eigenvalue weighted by Crippen LogP contribution is 2.45. The number of halogens is 2. The summed E-state index contributed by atoms with van der Waals surface area (Å²) < 4.78 is 18.7. The minimum absolute atomic E-state index is 0.179. The van der Waals surface area contributed by atoms with Gasteiger partial charge in [-0.2, -0.15) is 0 Å². The van der Waals surface area contributed by atoms with Crippen molar-refractivity contribution in [1.82, 2.24) is 0 Å². The molecule has 19 heavy (non-hydrogen) atoms. The third kappa shape index (κ3) is 2.52. The van der Waals surface area contributed by atoms with Crippen LogP contribution in [0.1, 0.15) is 28.3 Å². The summed E-state index contributed by atoms with van der Waals surface area (Å²) in [6, 6.07) is 14.8. The fourth-order valence-electron chi connectivity index (χ4n) is 2.55. The summed E-state index contributed by atoms with van der Waals surface area (Å²) in [6.07, 6.45) is 0.963. The molecule has 1 aliphatic rings. The van der Waals surface area contributed by atoms with Gasteiger partial charge in [0.25, 0.3) is 0 Å². The highest BCUT2D eigenvalue weighted by atomic mass is 79.9. The minimum atomic E-state index is -0.198. The van der Waals surface area contributed by atoms with Crippen LogP contribution >= 0.6 is 15.9 Å². The fourth-order valence-corrected chi connectivity index (χ4v) is 3.41. The summed E-state index contributed by atoms with van der Waals surface area (Å²) in [6.45, 7) is 0.727. The summed E-state index contributed by atoms with van der Waals surface area (Å²) in [5.74, 6) is 1.12. The van der Waals surface area contributed by atoms with E-state index in [0.29, 0.717) is 5.92 Å². The van der Waals surface area contributed by atoms with Crippen molar-refractivity contribution in [1.29, 1.82) is 0 Å². The van der Waals surface area contributed by atoms with Crippen LogP contribution < -0.4 is 4.74 Å². The van der Waals surface area contributed by atoms with Gasteiger partial charge in [0, 0.05) is 10.7 Å². The van der Waals surface area contributed by atoms with E-state index in [9.17, 15) is 4.39 Å². The number of alkyl halides is 1. The maximum absolute atomic E-state index is 13.0. The number of hydrogen-bond acceptors (Lipinski definition) is 1. The van der Waals surface area contributed by atoms with Crippen LogP contribution in [0.4, 0.5) is 4.39 Å². The summed E-state index contributed by atoms with van der Waals surface area (Å²) in [5, 5.41) is 0. The van der Waals surface area contributed by atoms with Crippen molar-refractivity contribution in [3.05, 3.63) is 65.5 Å². The first kappa shape index (κ1) is 12.7. The molecular formula is C16H14BrFO. The Balaban J connectivity index is 1.92. The molecule has 0 bridgehead atoms. The van der Waals surface area contributed by atoms with Gasteiger partial charge in [0.2, 0.25) is 0 Å². The van der Waals surface area contributed by atoms with Crippen molar-refractivity contribution in [2.24, 2.45) is 0 Å². The molecule has 0 saturated carbocycles. The van der Waals surface area contributed by atoms with Crippen LogP contribution in [0.15, 0.2) is 48.5 Å². The predicted molar refractivity (Wildman–Crippen MR) is 77.4 cm³/mol. The van der Waals surface area contributed by atoms with Gasteiger partial charge >= 0.3 is 0 Å². The summed E-state index contributed by atoms with van der Waals surface area (Å²) in [4.78, 5) is 0.179. The topological polar surface area (TPSA) is 9.23 Å². The molecule has 0 amide bonds. The maximum atomic E-state index is 13.0. The zero-order chi connectivity index (χ0) is 13.2. The first-order valence-electron chi connectivity index (χ1n) is 6.37. The molecule has 0 aromatic heterocycles. The van der Waals surface area contributed by atoms with E-state index in [2.05, 4.69) is 22.0 Å². The Hall–Kier alpha value is -1.35. The number of benzene rings is 2. The smallest absolute Gasteiger partial charge is 0.123 e. The van der Waals surface area contributed by atoms with E-state index in [1.54, 1.807) is 0 Å². The molecule has 0 spiro atoms. The Bertz CT molecular complexity index is 567. The van der Waals surface area contributed by atoms with Crippen molar-refractivity contribution >= 4 is 15.9 Å².